The standard InChI is InChI=1S/C16H22BrNO3/c17-13-5-4-6-14(9-13)21-10-15(20)18-11-16(12-19)7-2-1-3-8-16/h4-6,9,19H,1-3,7-8,10-12H2,(H,18,20). The Balaban J connectivity index is 1.76. The maximum Gasteiger partial charge on any atom is 0.257 e. The van der Waals surface area contributed by atoms with Crippen LogP contribution in [0.3, 0.4) is 0 Å². The summed E-state index contributed by atoms with van der Waals surface area (Å²) >= 11 is 3.36. The molecule has 116 valence electrons. The van der Waals surface area contributed by atoms with Gasteiger partial charge in [-0.25, -0.2) is 0 Å². The lowest BCUT2D eigenvalue weighted by molar-refractivity contribution is -0.123. The molecule has 0 aromatic heterocycles. The molecule has 1 aliphatic rings. The Morgan fingerprint density at radius 1 is 1.33 bits per heavy atom. The number of halogens is 1. The second-order valence-electron chi connectivity index (χ2n) is 5.74. The van der Waals surface area contributed by atoms with Crippen molar-refractivity contribution in [3.63, 3.8) is 0 Å². The Bertz CT molecular complexity index is 472. The maximum absolute atomic E-state index is 11.9. The second kappa shape index (κ2) is 7.80. The summed E-state index contributed by atoms with van der Waals surface area (Å²) in [6.45, 7) is 0.669. The molecule has 1 aliphatic carbocycles. The largest absolute Gasteiger partial charge is 0.484 e. The molecule has 1 amide bonds. The van der Waals surface area contributed by atoms with E-state index in [0.717, 1.165) is 30.2 Å². The molecule has 0 spiro atoms. The highest BCUT2D eigenvalue weighted by atomic mass is 79.9. The van der Waals surface area contributed by atoms with E-state index in [1.54, 1.807) is 0 Å². The van der Waals surface area contributed by atoms with Crippen LogP contribution in [0.5, 0.6) is 5.75 Å². The quantitative estimate of drug-likeness (QED) is 0.824. The van der Waals surface area contributed by atoms with Crippen LogP contribution < -0.4 is 10.1 Å². The first-order valence-electron chi connectivity index (χ1n) is 7.39. The molecule has 4 nitrogen and oxygen atoms in total. The van der Waals surface area contributed by atoms with Crippen LogP contribution in [0.25, 0.3) is 0 Å². The Morgan fingerprint density at radius 3 is 2.76 bits per heavy atom. The highest BCUT2D eigenvalue weighted by molar-refractivity contribution is 9.10. The van der Waals surface area contributed by atoms with Crippen molar-refractivity contribution in [1.29, 1.82) is 0 Å². The monoisotopic (exact) mass is 355 g/mol. The smallest absolute Gasteiger partial charge is 0.257 e. The minimum absolute atomic E-state index is 0.00202. The molecule has 1 aromatic rings. The van der Waals surface area contributed by atoms with Gasteiger partial charge in [0.15, 0.2) is 6.61 Å². The van der Waals surface area contributed by atoms with Crippen LogP contribution in [-0.2, 0) is 4.79 Å². The fourth-order valence-electron chi connectivity index (χ4n) is 2.74. The summed E-state index contributed by atoms with van der Waals surface area (Å²) in [7, 11) is 0. The van der Waals surface area contributed by atoms with E-state index >= 15 is 0 Å². The highest BCUT2D eigenvalue weighted by Gasteiger charge is 2.31. The SMILES string of the molecule is O=C(COc1cccc(Br)c1)NCC1(CO)CCCCC1. The molecule has 1 aromatic carbocycles. The average Bonchev–Trinajstić information content (AvgIpc) is 2.52. The summed E-state index contributed by atoms with van der Waals surface area (Å²) in [5.41, 5.74) is -0.135. The van der Waals surface area contributed by atoms with Crippen LogP contribution in [0.4, 0.5) is 0 Å². The van der Waals surface area contributed by atoms with Gasteiger partial charge in [-0.1, -0.05) is 41.3 Å². The Kier molecular flexibility index (Phi) is 6.06. The predicted molar refractivity (Wildman–Crippen MR) is 85.3 cm³/mol. The average molecular weight is 356 g/mol. The van der Waals surface area contributed by atoms with Crippen LogP contribution in [0, 0.1) is 5.41 Å². The molecular weight excluding hydrogens is 334 g/mol. The number of carbonyl (C=O) groups is 1. The molecule has 5 heteroatoms. The predicted octanol–water partition coefficient (Wildman–Crippen LogP) is 2.89. The van der Waals surface area contributed by atoms with Gasteiger partial charge in [-0.05, 0) is 31.0 Å². The number of rotatable bonds is 6. The van der Waals surface area contributed by atoms with E-state index in [4.69, 9.17) is 4.74 Å². The molecule has 0 atom stereocenters. The maximum atomic E-state index is 11.9. The van der Waals surface area contributed by atoms with Gasteiger partial charge in [-0.15, -0.1) is 0 Å². The molecule has 2 rings (SSSR count). The number of hydrogen-bond donors (Lipinski definition) is 2. The fraction of sp³-hybridized carbons (Fsp3) is 0.562. The molecule has 21 heavy (non-hydrogen) atoms. The van der Waals surface area contributed by atoms with Gasteiger partial charge in [-0.3, -0.25) is 4.79 Å². The molecule has 0 heterocycles. The van der Waals surface area contributed by atoms with Crippen molar-refractivity contribution in [1.82, 2.24) is 5.32 Å². The van der Waals surface area contributed by atoms with Crippen molar-refractivity contribution in [3.8, 4) is 5.75 Å². The first-order chi connectivity index (χ1) is 10.1. The Hall–Kier alpha value is -1.07. The molecule has 0 radical (unpaired) electrons. The highest BCUT2D eigenvalue weighted by Crippen LogP contribution is 2.35. The number of carbonyl (C=O) groups excluding carboxylic acids is 1. The zero-order chi connectivity index (χ0) is 15.1. The van der Waals surface area contributed by atoms with Gasteiger partial charge in [0, 0.05) is 16.4 Å². The van der Waals surface area contributed by atoms with Gasteiger partial charge in [0.25, 0.3) is 5.91 Å². The molecule has 1 fully saturated rings. The third-order valence-electron chi connectivity index (χ3n) is 4.08. The van der Waals surface area contributed by atoms with E-state index in [1.807, 2.05) is 24.3 Å². The summed E-state index contributed by atoms with van der Waals surface area (Å²) in [5, 5.41) is 12.5. The number of benzene rings is 1. The second-order valence-corrected chi connectivity index (χ2v) is 6.66. The zero-order valence-corrected chi connectivity index (χ0v) is 13.7. The lowest BCUT2D eigenvalue weighted by Gasteiger charge is -2.35. The van der Waals surface area contributed by atoms with Crippen molar-refractivity contribution in [2.45, 2.75) is 32.1 Å². The van der Waals surface area contributed by atoms with Crippen LogP contribution in [-0.4, -0.2) is 30.8 Å². The fourth-order valence-corrected chi connectivity index (χ4v) is 3.11. The van der Waals surface area contributed by atoms with E-state index in [2.05, 4.69) is 21.2 Å². The summed E-state index contributed by atoms with van der Waals surface area (Å²) < 4.78 is 6.37. The van der Waals surface area contributed by atoms with E-state index in [-0.39, 0.29) is 24.5 Å². The van der Waals surface area contributed by atoms with Gasteiger partial charge < -0.3 is 15.2 Å². The van der Waals surface area contributed by atoms with Crippen molar-refractivity contribution in [2.75, 3.05) is 19.8 Å². The third-order valence-corrected chi connectivity index (χ3v) is 4.57. The summed E-state index contributed by atoms with van der Waals surface area (Å²) in [6.07, 6.45) is 5.45. The van der Waals surface area contributed by atoms with Crippen molar-refractivity contribution >= 4 is 21.8 Å². The third kappa shape index (κ3) is 5.00. The van der Waals surface area contributed by atoms with Crippen LogP contribution in [0.15, 0.2) is 28.7 Å². The van der Waals surface area contributed by atoms with Gasteiger partial charge >= 0.3 is 0 Å². The van der Waals surface area contributed by atoms with Crippen molar-refractivity contribution in [3.05, 3.63) is 28.7 Å². The molecule has 1 saturated carbocycles. The van der Waals surface area contributed by atoms with Gasteiger partial charge in [0.2, 0.25) is 0 Å². The summed E-state index contributed by atoms with van der Waals surface area (Å²) in [4.78, 5) is 11.9. The number of aliphatic hydroxyl groups is 1. The number of aliphatic hydroxyl groups excluding tert-OH is 1. The van der Waals surface area contributed by atoms with Crippen LogP contribution >= 0.6 is 15.9 Å². The van der Waals surface area contributed by atoms with Crippen molar-refractivity contribution < 1.29 is 14.6 Å². The number of amides is 1. The Morgan fingerprint density at radius 2 is 2.10 bits per heavy atom. The molecule has 2 N–H and O–H groups in total. The minimum Gasteiger partial charge on any atom is -0.484 e. The van der Waals surface area contributed by atoms with Crippen LogP contribution in [0.2, 0.25) is 0 Å². The van der Waals surface area contributed by atoms with E-state index in [1.165, 1.54) is 6.42 Å². The van der Waals surface area contributed by atoms with Crippen molar-refractivity contribution in [2.24, 2.45) is 5.41 Å². The minimum atomic E-state index is -0.145. The molecule has 0 aliphatic heterocycles. The zero-order valence-electron chi connectivity index (χ0n) is 12.1. The summed E-state index contributed by atoms with van der Waals surface area (Å²) in [6, 6.07) is 7.40. The molecule has 0 bridgehead atoms. The first kappa shape index (κ1) is 16.3. The number of hydrogen-bond acceptors (Lipinski definition) is 3. The summed E-state index contributed by atoms with van der Waals surface area (Å²) in [5.74, 6) is 0.516. The lowest BCUT2D eigenvalue weighted by atomic mass is 9.74. The van der Waals surface area contributed by atoms with E-state index in [9.17, 15) is 9.90 Å². The normalized spacial score (nSPS) is 17.2. The lowest BCUT2D eigenvalue weighted by Crippen LogP contribution is -2.42. The number of nitrogens with one attached hydrogen (secondary N) is 1. The van der Waals surface area contributed by atoms with E-state index in [0.29, 0.717) is 12.3 Å². The van der Waals surface area contributed by atoms with Gasteiger partial charge in [-0.2, -0.15) is 0 Å². The Labute approximate surface area is 134 Å². The molecule has 0 unspecified atom stereocenters. The first-order valence-corrected chi connectivity index (χ1v) is 8.19. The van der Waals surface area contributed by atoms with Gasteiger partial charge in [0.1, 0.15) is 5.75 Å². The van der Waals surface area contributed by atoms with Gasteiger partial charge in [0.05, 0.1) is 6.61 Å². The number of ether oxygens (including phenoxy) is 1. The van der Waals surface area contributed by atoms with Crippen LogP contribution in [0.1, 0.15) is 32.1 Å². The molecule has 0 saturated heterocycles. The molecular formula is C16H22BrNO3. The topological polar surface area (TPSA) is 58.6 Å². The van der Waals surface area contributed by atoms with E-state index < -0.39 is 0 Å².